The van der Waals surface area contributed by atoms with Crippen LogP contribution in [-0.2, 0) is 6.73 Å². The van der Waals surface area contributed by atoms with Crippen LogP contribution in [0.3, 0.4) is 0 Å². The number of hydrogen-bond acceptors (Lipinski definition) is 3. The van der Waals surface area contributed by atoms with Crippen molar-refractivity contribution in [1.82, 2.24) is 9.78 Å². The summed E-state index contributed by atoms with van der Waals surface area (Å²) in [6, 6.07) is 6.22. The molecule has 7 heteroatoms. The van der Waals surface area contributed by atoms with Gasteiger partial charge >= 0.3 is 5.97 Å². The van der Waals surface area contributed by atoms with Crippen LogP contribution < -0.4 is 4.74 Å². The first-order valence-electron chi connectivity index (χ1n) is 4.91. The topological polar surface area (TPSA) is 64.3 Å². The van der Waals surface area contributed by atoms with Crippen LogP contribution in [-0.4, -0.2) is 20.9 Å². The number of ether oxygens (including phenoxy) is 1. The number of halogens is 2. The van der Waals surface area contributed by atoms with Gasteiger partial charge in [-0.25, -0.2) is 9.48 Å². The van der Waals surface area contributed by atoms with E-state index in [0.29, 0.717) is 15.8 Å². The third kappa shape index (κ3) is 2.94. The molecule has 0 radical (unpaired) electrons. The maximum atomic E-state index is 10.6. The maximum absolute atomic E-state index is 10.6. The van der Waals surface area contributed by atoms with E-state index in [9.17, 15) is 4.79 Å². The molecule has 0 bridgehead atoms. The zero-order chi connectivity index (χ0) is 13.1. The van der Waals surface area contributed by atoms with Gasteiger partial charge in [0.2, 0.25) is 0 Å². The quantitative estimate of drug-likeness (QED) is 0.939. The lowest BCUT2D eigenvalue weighted by Gasteiger charge is -2.08. The molecule has 0 saturated carbocycles. The van der Waals surface area contributed by atoms with Gasteiger partial charge in [0.1, 0.15) is 5.75 Å². The molecule has 2 rings (SSSR count). The van der Waals surface area contributed by atoms with E-state index in [4.69, 9.17) is 33.0 Å². The fourth-order valence-electron chi connectivity index (χ4n) is 1.27. The predicted molar refractivity (Wildman–Crippen MR) is 66.3 cm³/mol. The molecule has 0 atom stereocenters. The zero-order valence-electron chi connectivity index (χ0n) is 9.01. The minimum atomic E-state index is -1.09. The highest BCUT2D eigenvalue weighted by Gasteiger charge is 2.07. The van der Waals surface area contributed by atoms with Crippen molar-refractivity contribution in [3.05, 3.63) is 46.2 Å². The monoisotopic (exact) mass is 286 g/mol. The van der Waals surface area contributed by atoms with Gasteiger partial charge in [-0.05, 0) is 18.2 Å². The van der Waals surface area contributed by atoms with Crippen LogP contribution >= 0.6 is 23.2 Å². The smallest absolute Gasteiger partial charge is 0.356 e. The second kappa shape index (κ2) is 5.29. The Balaban J connectivity index is 2.06. The van der Waals surface area contributed by atoms with E-state index < -0.39 is 5.97 Å². The van der Waals surface area contributed by atoms with E-state index in [0.717, 1.165) is 0 Å². The SMILES string of the molecule is O=C(O)c1ccn(COc2cc(Cl)ccc2Cl)n1. The van der Waals surface area contributed by atoms with E-state index in [1.54, 1.807) is 18.2 Å². The summed E-state index contributed by atoms with van der Waals surface area (Å²) in [7, 11) is 0. The number of hydrogen-bond donors (Lipinski definition) is 1. The van der Waals surface area contributed by atoms with Gasteiger partial charge in [-0.15, -0.1) is 0 Å². The Morgan fingerprint density at radius 2 is 2.17 bits per heavy atom. The van der Waals surface area contributed by atoms with E-state index in [1.165, 1.54) is 16.9 Å². The van der Waals surface area contributed by atoms with Crippen molar-refractivity contribution in [2.24, 2.45) is 0 Å². The van der Waals surface area contributed by atoms with Crippen LogP contribution in [0.25, 0.3) is 0 Å². The van der Waals surface area contributed by atoms with E-state index in [2.05, 4.69) is 5.10 Å². The number of carbonyl (C=O) groups is 1. The molecule has 1 aromatic carbocycles. The summed E-state index contributed by atoms with van der Waals surface area (Å²) in [6.45, 7) is 0.0490. The largest absolute Gasteiger partial charge is 0.476 e. The first-order valence-corrected chi connectivity index (χ1v) is 5.66. The lowest BCUT2D eigenvalue weighted by atomic mass is 10.3. The fourth-order valence-corrected chi connectivity index (χ4v) is 1.61. The van der Waals surface area contributed by atoms with Gasteiger partial charge in [-0.3, -0.25) is 0 Å². The van der Waals surface area contributed by atoms with Crippen LogP contribution in [0.1, 0.15) is 10.5 Å². The molecule has 0 amide bonds. The summed E-state index contributed by atoms with van der Waals surface area (Å²) in [5.41, 5.74) is -0.0456. The number of carboxylic acids is 1. The Hall–Kier alpha value is -1.72. The molecule has 18 heavy (non-hydrogen) atoms. The summed E-state index contributed by atoms with van der Waals surface area (Å²) >= 11 is 11.7. The number of aromatic nitrogens is 2. The van der Waals surface area contributed by atoms with Gasteiger partial charge in [-0.1, -0.05) is 23.2 Å². The van der Waals surface area contributed by atoms with Crippen molar-refractivity contribution in [2.45, 2.75) is 6.73 Å². The summed E-state index contributed by atoms with van der Waals surface area (Å²) in [5.74, 6) is -0.675. The Morgan fingerprint density at radius 1 is 1.39 bits per heavy atom. The molecule has 5 nitrogen and oxygen atoms in total. The first kappa shape index (κ1) is 12.7. The Bertz CT molecular complexity index is 583. The highest BCUT2D eigenvalue weighted by molar-refractivity contribution is 6.34. The molecule has 2 aromatic rings. The molecule has 1 N–H and O–H groups in total. The van der Waals surface area contributed by atoms with Gasteiger partial charge in [0.25, 0.3) is 0 Å². The second-order valence-corrected chi connectivity index (χ2v) is 4.24. The Labute approximate surface area is 113 Å². The highest BCUT2D eigenvalue weighted by Crippen LogP contribution is 2.27. The standard InChI is InChI=1S/C11H8Cl2N2O3/c12-7-1-2-8(13)10(5-7)18-6-15-4-3-9(14-15)11(16)17/h1-5H,6H2,(H,16,17). The summed E-state index contributed by atoms with van der Waals surface area (Å²) in [4.78, 5) is 10.6. The van der Waals surface area contributed by atoms with Crippen LogP contribution in [0.2, 0.25) is 10.0 Å². The minimum Gasteiger partial charge on any atom is -0.476 e. The lowest BCUT2D eigenvalue weighted by Crippen LogP contribution is -2.07. The Morgan fingerprint density at radius 3 is 2.83 bits per heavy atom. The predicted octanol–water partition coefficient (Wildman–Crippen LogP) is 2.92. The molecule has 0 aliphatic heterocycles. The van der Waals surface area contributed by atoms with Crippen LogP contribution in [0.4, 0.5) is 0 Å². The average molecular weight is 287 g/mol. The summed E-state index contributed by atoms with van der Waals surface area (Å²) in [6.07, 6.45) is 1.50. The molecular weight excluding hydrogens is 279 g/mol. The first-order chi connectivity index (χ1) is 8.56. The summed E-state index contributed by atoms with van der Waals surface area (Å²) < 4.78 is 6.74. The average Bonchev–Trinajstić information content (AvgIpc) is 2.79. The lowest BCUT2D eigenvalue weighted by molar-refractivity contribution is 0.0688. The molecular formula is C11H8Cl2N2O3. The molecule has 0 saturated heterocycles. The third-order valence-corrected chi connectivity index (χ3v) is 2.65. The third-order valence-electron chi connectivity index (χ3n) is 2.11. The number of benzene rings is 1. The van der Waals surface area contributed by atoms with Crippen molar-refractivity contribution in [1.29, 1.82) is 0 Å². The zero-order valence-corrected chi connectivity index (χ0v) is 10.5. The summed E-state index contributed by atoms with van der Waals surface area (Å²) in [5, 5.41) is 13.4. The molecule has 1 heterocycles. The number of aromatic carboxylic acids is 1. The Kier molecular flexibility index (Phi) is 3.74. The van der Waals surface area contributed by atoms with Gasteiger partial charge in [-0.2, -0.15) is 5.10 Å². The molecule has 94 valence electrons. The molecule has 0 unspecified atom stereocenters. The van der Waals surface area contributed by atoms with Crippen molar-refractivity contribution in [3.63, 3.8) is 0 Å². The van der Waals surface area contributed by atoms with Gasteiger partial charge < -0.3 is 9.84 Å². The van der Waals surface area contributed by atoms with Crippen LogP contribution in [0, 0.1) is 0 Å². The van der Waals surface area contributed by atoms with Crippen molar-refractivity contribution in [3.8, 4) is 5.75 Å². The van der Waals surface area contributed by atoms with Crippen LogP contribution in [0.5, 0.6) is 5.75 Å². The second-order valence-electron chi connectivity index (χ2n) is 3.39. The van der Waals surface area contributed by atoms with Crippen molar-refractivity contribution >= 4 is 29.2 Å². The normalized spacial score (nSPS) is 10.3. The molecule has 0 spiro atoms. The number of carboxylic acid groups (broad SMARTS) is 1. The maximum Gasteiger partial charge on any atom is 0.356 e. The van der Waals surface area contributed by atoms with Gasteiger partial charge in [0.15, 0.2) is 12.4 Å². The fraction of sp³-hybridized carbons (Fsp3) is 0.0909. The van der Waals surface area contributed by atoms with Crippen LogP contribution in [0.15, 0.2) is 30.5 Å². The van der Waals surface area contributed by atoms with E-state index in [-0.39, 0.29) is 12.4 Å². The molecule has 0 aliphatic carbocycles. The van der Waals surface area contributed by atoms with Gasteiger partial charge in [0.05, 0.1) is 5.02 Å². The number of rotatable bonds is 4. The molecule has 1 aromatic heterocycles. The van der Waals surface area contributed by atoms with E-state index >= 15 is 0 Å². The minimum absolute atomic E-state index is 0.0456. The van der Waals surface area contributed by atoms with Crippen molar-refractivity contribution in [2.75, 3.05) is 0 Å². The number of nitrogens with zero attached hydrogens (tertiary/aromatic N) is 2. The molecule has 0 aliphatic rings. The van der Waals surface area contributed by atoms with Crippen molar-refractivity contribution < 1.29 is 14.6 Å². The molecule has 0 fully saturated rings. The van der Waals surface area contributed by atoms with E-state index in [1.807, 2.05) is 0 Å². The van der Waals surface area contributed by atoms with Gasteiger partial charge in [0, 0.05) is 17.3 Å². The highest BCUT2D eigenvalue weighted by atomic mass is 35.5.